The highest BCUT2D eigenvalue weighted by atomic mass is 16.3. The highest BCUT2D eigenvalue weighted by Gasteiger charge is 2.22. The summed E-state index contributed by atoms with van der Waals surface area (Å²) in [5, 5.41) is 1.89. The highest BCUT2D eigenvalue weighted by molar-refractivity contribution is 6.11. The first kappa shape index (κ1) is 14.9. The van der Waals surface area contributed by atoms with Gasteiger partial charge < -0.3 is 4.42 Å². The van der Waals surface area contributed by atoms with Crippen LogP contribution < -0.4 is 4.57 Å². The van der Waals surface area contributed by atoms with Crippen molar-refractivity contribution in [2.45, 2.75) is 34.1 Å². The van der Waals surface area contributed by atoms with Crippen LogP contribution in [0.4, 0.5) is 5.69 Å². The molecule has 0 N–H and O–H groups in total. The number of nitrogens with zero attached hydrogens (tertiary/aromatic N) is 2. The van der Waals surface area contributed by atoms with Crippen LogP contribution in [0, 0.1) is 26.3 Å². The number of pyridine rings is 1. The van der Waals surface area contributed by atoms with E-state index in [4.69, 9.17) is 15.1 Å². The molecule has 0 atom stereocenters. The first-order chi connectivity index (χ1) is 14.6. The summed E-state index contributed by atoms with van der Waals surface area (Å²) in [5.74, 6) is -0.231. The summed E-state index contributed by atoms with van der Waals surface area (Å²) in [6.07, 6.45) is -1.33. The summed E-state index contributed by atoms with van der Waals surface area (Å²) in [7, 11) is 1.82. The maximum atomic E-state index is 8.55. The van der Waals surface area contributed by atoms with Gasteiger partial charge in [0.05, 0.1) is 12.1 Å². The Bertz CT molecular complexity index is 1390. The Labute approximate surface area is 170 Å². The summed E-state index contributed by atoms with van der Waals surface area (Å²) in [4.78, 5) is 3.59. The summed E-state index contributed by atoms with van der Waals surface area (Å²) >= 11 is 0. The van der Waals surface area contributed by atoms with Crippen LogP contribution in [0.25, 0.3) is 38.0 Å². The number of aromatic nitrogens is 1. The first-order valence-corrected chi connectivity index (χ1v) is 9.42. The molecule has 0 unspecified atom stereocenters. The van der Waals surface area contributed by atoms with Crippen molar-refractivity contribution >= 4 is 27.6 Å². The molecule has 28 heavy (non-hydrogen) atoms. The molecule has 0 aliphatic heterocycles. The van der Waals surface area contributed by atoms with E-state index in [1.165, 1.54) is 0 Å². The van der Waals surface area contributed by atoms with E-state index in [1.807, 2.05) is 65.1 Å². The van der Waals surface area contributed by atoms with Crippen LogP contribution in [0.3, 0.4) is 0 Å². The number of hydrogen-bond donors (Lipinski definition) is 0. The van der Waals surface area contributed by atoms with Crippen LogP contribution in [-0.4, -0.2) is 0 Å². The topological polar surface area (TPSA) is 21.4 Å². The van der Waals surface area contributed by atoms with Crippen molar-refractivity contribution in [2.24, 2.45) is 13.0 Å². The minimum absolute atomic E-state index is 0.231. The SMILES string of the molecule is [2H]c1cc(C([2H])([2H])C(C)C)cc(-c2c(C)ccc3c2oc2c(C)c([N+]#[C-])ccc23)[n+]1C. The second kappa shape index (κ2) is 6.80. The molecule has 4 aromatic rings. The van der Waals surface area contributed by atoms with E-state index < -0.39 is 6.37 Å². The van der Waals surface area contributed by atoms with Gasteiger partial charge in [-0.2, -0.15) is 0 Å². The predicted octanol–water partition coefficient (Wildman–Crippen LogP) is 6.44. The Morgan fingerprint density at radius 3 is 2.57 bits per heavy atom. The molecule has 0 bridgehead atoms. The quantitative estimate of drug-likeness (QED) is 0.299. The molecule has 3 heteroatoms. The van der Waals surface area contributed by atoms with Crippen LogP contribution in [0.15, 0.2) is 47.0 Å². The standard InChI is InChI=1S/C25H25N2O/c1-15(2)13-18-11-12-27(6)22(14-18)23-16(3)7-8-20-19-9-10-21(26-5)17(4)24(19)28-25(20)23/h7-12,14-15H,13H2,1-4,6H3/q+1/i12D,13D2. The third-order valence-corrected chi connectivity index (χ3v) is 5.14. The second-order valence-electron chi connectivity index (χ2n) is 7.55. The number of rotatable bonds is 3. The van der Waals surface area contributed by atoms with Crippen molar-refractivity contribution in [3.63, 3.8) is 0 Å². The van der Waals surface area contributed by atoms with Gasteiger partial charge in [0.25, 0.3) is 0 Å². The van der Waals surface area contributed by atoms with E-state index in [1.54, 1.807) is 10.6 Å². The molecular weight excluding hydrogens is 344 g/mol. The molecule has 0 aliphatic carbocycles. The zero-order valence-electron chi connectivity index (χ0n) is 19.8. The number of aryl methyl sites for hydroxylation is 2. The molecule has 2 aromatic heterocycles. The Morgan fingerprint density at radius 1 is 1.14 bits per heavy atom. The molecule has 0 spiro atoms. The minimum atomic E-state index is -1.56. The van der Waals surface area contributed by atoms with E-state index >= 15 is 0 Å². The largest absolute Gasteiger partial charge is 0.456 e. The Kier molecular flexibility index (Phi) is 3.61. The summed E-state index contributed by atoms with van der Waals surface area (Å²) < 4.78 is 33.7. The van der Waals surface area contributed by atoms with E-state index in [-0.39, 0.29) is 12.1 Å². The van der Waals surface area contributed by atoms with Gasteiger partial charge in [0, 0.05) is 25.6 Å². The lowest BCUT2D eigenvalue weighted by atomic mass is 9.97. The first-order valence-electron chi connectivity index (χ1n) is 10.9. The third-order valence-electron chi connectivity index (χ3n) is 5.14. The summed E-state index contributed by atoms with van der Waals surface area (Å²) in [6.45, 7) is 15.0. The molecule has 2 heterocycles. The molecule has 0 radical (unpaired) electrons. The lowest BCUT2D eigenvalue weighted by Crippen LogP contribution is -2.31. The van der Waals surface area contributed by atoms with Gasteiger partial charge in [-0.25, -0.2) is 9.41 Å². The summed E-state index contributed by atoms with van der Waals surface area (Å²) in [5.41, 5.74) is 5.80. The van der Waals surface area contributed by atoms with Crippen LogP contribution in [0.2, 0.25) is 0 Å². The van der Waals surface area contributed by atoms with E-state index in [0.717, 1.165) is 33.2 Å². The molecule has 0 amide bonds. The molecule has 140 valence electrons. The molecule has 3 nitrogen and oxygen atoms in total. The van der Waals surface area contributed by atoms with Crippen molar-refractivity contribution in [1.29, 1.82) is 0 Å². The van der Waals surface area contributed by atoms with Crippen molar-refractivity contribution in [3.8, 4) is 11.3 Å². The summed E-state index contributed by atoms with van der Waals surface area (Å²) in [6, 6.07) is 11.2. The Hall–Kier alpha value is -3.12. The van der Waals surface area contributed by atoms with Gasteiger partial charge in [0.15, 0.2) is 11.9 Å². The fraction of sp³-hybridized carbons (Fsp3) is 0.280. The van der Waals surface area contributed by atoms with Crippen molar-refractivity contribution in [3.05, 3.63) is 70.7 Å². The maximum Gasteiger partial charge on any atom is 0.216 e. The fourth-order valence-electron chi connectivity index (χ4n) is 3.74. The van der Waals surface area contributed by atoms with Crippen molar-refractivity contribution in [2.75, 3.05) is 0 Å². The lowest BCUT2D eigenvalue weighted by molar-refractivity contribution is -0.660. The predicted molar refractivity (Wildman–Crippen MR) is 115 cm³/mol. The minimum Gasteiger partial charge on any atom is -0.456 e. The Balaban J connectivity index is 2.11. The van der Waals surface area contributed by atoms with Crippen LogP contribution in [0.5, 0.6) is 0 Å². The van der Waals surface area contributed by atoms with E-state index in [0.29, 0.717) is 22.4 Å². The average molecular weight is 373 g/mol. The molecule has 4 rings (SSSR count). The zero-order chi connectivity index (χ0) is 22.7. The maximum absolute atomic E-state index is 8.55. The van der Waals surface area contributed by atoms with Crippen molar-refractivity contribution in [1.82, 2.24) is 0 Å². The van der Waals surface area contributed by atoms with Crippen LogP contribution >= 0.6 is 0 Å². The number of fused-ring (bicyclic) bond motifs is 3. The monoisotopic (exact) mass is 372 g/mol. The van der Waals surface area contributed by atoms with Crippen molar-refractivity contribution < 1.29 is 13.1 Å². The fourth-order valence-corrected chi connectivity index (χ4v) is 3.74. The van der Waals surface area contributed by atoms with Gasteiger partial charge in [0.2, 0.25) is 5.69 Å². The molecule has 2 aromatic carbocycles. The molecule has 0 saturated carbocycles. The number of benzene rings is 2. The van der Waals surface area contributed by atoms with Gasteiger partial charge in [-0.1, -0.05) is 38.1 Å². The van der Waals surface area contributed by atoms with Gasteiger partial charge in [-0.3, -0.25) is 0 Å². The van der Waals surface area contributed by atoms with Gasteiger partial charge in [-0.15, -0.1) is 0 Å². The number of furan rings is 1. The molecular formula is C25H25N2O+. The van der Waals surface area contributed by atoms with Gasteiger partial charge >= 0.3 is 0 Å². The third kappa shape index (κ3) is 2.86. The molecule has 0 saturated heterocycles. The number of hydrogen-bond acceptors (Lipinski definition) is 1. The second-order valence-corrected chi connectivity index (χ2v) is 7.55. The smallest absolute Gasteiger partial charge is 0.216 e. The molecule has 0 aliphatic rings. The Morgan fingerprint density at radius 2 is 1.86 bits per heavy atom. The highest BCUT2D eigenvalue weighted by Crippen LogP contribution is 2.40. The van der Waals surface area contributed by atoms with Gasteiger partial charge in [0.1, 0.15) is 19.6 Å². The zero-order valence-corrected chi connectivity index (χ0v) is 16.8. The lowest BCUT2D eigenvalue weighted by Gasteiger charge is -2.09. The molecule has 0 fully saturated rings. The van der Waals surface area contributed by atoms with E-state index in [9.17, 15) is 0 Å². The van der Waals surface area contributed by atoms with Crippen LogP contribution in [0.1, 0.15) is 34.7 Å². The van der Waals surface area contributed by atoms with Gasteiger partial charge in [-0.05, 0) is 42.8 Å². The normalized spacial score (nSPS) is 13.5. The van der Waals surface area contributed by atoms with E-state index in [2.05, 4.69) is 4.85 Å². The van der Waals surface area contributed by atoms with Crippen LogP contribution in [-0.2, 0) is 13.4 Å². The average Bonchev–Trinajstić information content (AvgIpc) is 3.10.